The largest absolute Gasteiger partial charge is 0.316 e. The van der Waals surface area contributed by atoms with Crippen molar-refractivity contribution in [1.29, 1.82) is 5.26 Å². The number of benzene rings is 2. The van der Waals surface area contributed by atoms with E-state index in [-0.39, 0.29) is 5.69 Å². The smallest absolute Gasteiger partial charge is 0.269 e. The third kappa shape index (κ3) is 3.65. The molecular formula is C21H15Cl2N3O2. The van der Waals surface area contributed by atoms with Crippen LogP contribution < -0.4 is 0 Å². The van der Waals surface area contributed by atoms with Crippen molar-refractivity contribution in [3.63, 3.8) is 0 Å². The molecule has 28 heavy (non-hydrogen) atoms. The first-order valence-corrected chi connectivity index (χ1v) is 9.09. The zero-order chi connectivity index (χ0) is 20.4. The third-order valence-corrected chi connectivity index (χ3v) is 5.26. The van der Waals surface area contributed by atoms with Crippen molar-refractivity contribution >= 4 is 40.5 Å². The van der Waals surface area contributed by atoms with Crippen molar-refractivity contribution < 1.29 is 4.92 Å². The van der Waals surface area contributed by atoms with E-state index in [0.29, 0.717) is 21.2 Å². The fourth-order valence-electron chi connectivity index (χ4n) is 3.07. The fraction of sp³-hybridized carbons (Fsp3) is 0.0952. The van der Waals surface area contributed by atoms with E-state index >= 15 is 0 Å². The zero-order valence-corrected chi connectivity index (χ0v) is 16.6. The van der Waals surface area contributed by atoms with Crippen LogP contribution in [0.25, 0.3) is 17.3 Å². The van der Waals surface area contributed by atoms with Crippen LogP contribution in [-0.4, -0.2) is 9.49 Å². The molecule has 0 saturated carbocycles. The monoisotopic (exact) mass is 411 g/mol. The molecule has 5 nitrogen and oxygen atoms in total. The molecule has 0 aliphatic carbocycles. The Morgan fingerprint density at radius 1 is 1.18 bits per heavy atom. The Kier molecular flexibility index (Phi) is 5.55. The number of nitrogens with zero attached hydrogens (tertiary/aromatic N) is 3. The van der Waals surface area contributed by atoms with Gasteiger partial charge < -0.3 is 4.57 Å². The number of allylic oxidation sites excluding steroid dienone is 1. The second-order valence-electron chi connectivity index (χ2n) is 6.21. The van der Waals surface area contributed by atoms with E-state index < -0.39 is 4.92 Å². The summed E-state index contributed by atoms with van der Waals surface area (Å²) in [5.41, 5.74) is 4.45. The summed E-state index contributed by atoms with van der Waals surface area (Å²) in [6.07, 6.45) is 1.76. The Hall–Kier alpha value is -3.07. The summed E-state index contributed by atoms with van der Waals surface area (Å²) in [4.78, 5) is 10.3. The van der Waals surface area contributed by atoms with Crippen LogP contribution in [0.1, 0.15) is 22.5 Å². The standard InChI is InChI=1S/C21H15Cl2N3O2/c1-13-10-16(14(2)25(13)20-5-3-4-19(22)21(20)23)11-17(12-24)15-6-8-18(9-7-15)26(27)28/h3-11H,1-2H3/b17-11-. The molecule has 0 spiro atoms. The molecule has 0 unspecified atom stereocenters. The Labute approximate surface area is 172 Å². The lowest BCUT2D eigenvalue weighted by Gasteiger charge is -2.12. The highest BCUT2D eigenvalue weighted by Crippen LogP contribution is 2.32. The lowest BCUT2D eigenvalue weighted by molar-refractivity contribution is -0.384. The molecule has 140 valence electrons. The topological polar surface area (TPSA) is 71.9 Å². The van der Waals surface area contributed by atoms with Gasteiger partial charge in [-0.25, -0.2) is 0 Å². The van der Waals surface area contributed by atoms with Crippen molar-refractivity contribution in [1.82, 2.24) is 4.57 Å². The molecule has 0 saturated heterocycles. The number of hydrogen-bond donors (Lipinski definition) is 0. The van der Waals surface area contributed by atoms with Crippen LogP contribution in [0.3, 0.4) is 0 Å². The Bertz CT molecular complexity index is 1140. The maximum absolute atomic E-state index is 10.8. The van der Waals surface area contributed by atoms with Gasteiger partial charge in [-0.3, -0.25) is 10.1 Å². The van der Waals surface area contributed by atoms with E-state index in [0.717, 1.165) is 22.6 Å². The quantitative estimate of drug-likeness (QED) is 0.284. The van der Waals surface area contributed by atoms with Crippen LogP contribution in [0.15, 0.2) is 48.5 Å². The number of nitro groups is 1. The minimum Gasteiger partial charge on any atom is -0.316 e. The van der Waals surface area contributed by atoms with Crippen LogP contribution >= 0.6 is 23.2 Å². The number of aromatic nitrogens is 1. The molecule has 2 aromatic carbocycles. The highest BCUT2D eigenvalue weighted by atomic mass is 35.5. The molecule has 0 atom stereocenters. The summed E-state index contributed by atoms with van der Waals surface area (Å²) in [5.74, 6) is 0. The van der Waals surface area contributed by atoms with Gasteiger partial charge in [-0.05, 0) is 61.4 Å². The lowest BCUT2D eigenvalue weighted by Crippen LogP contribution is -2.00. The van der Waals surface area contributed by atoms with Crippen molar-refractivity contribution in [2.75, 3.05) is 0 Å². The molecule has 3 aromatic rings. The predicted molar refractivity (Wildman–Crippen MR) is 112 cm³/mol. The van der Waals surface area contributed by atoms with Crippen LogP contribution in [0.5, 0.6) is 0 Å². The van der Waals surface area contributed by atoms with Gasteiger partial charge in [0, 0.05) is 23.5 Å². The van der Waals surface area contributed by atoms with Gasteiger partial charge in [-0.15, -0.1) is 0 Å². The first-order valence-electron chi connectivity index (χ1n) is 8.33. The maximum Gasteiger partial charge on any atom is 0.269 e. The summed E-state index contributed by atoms with van der Waals surface area (Å²) in [6, 6.07) is 15.5. The molecule has 1 heterocycles. The second kappa shape index (κ2) is 7.89. The highest BCUT2D eigenvalue weighted by molar-refractivity contribution is 6.43. The van der Waals surface area contributed by atoms with Crippen molar-refractivity contribution in [2.45, 2.75) is 13.8 Å². The average molecular weight is 412 g/mol. The van der Waals surface area contributed by atoms with Crippen molar-refractivity contribution in [2.24, 2.45) is 0 Å². The highest BCUT2D eigenvalue weighted by Gasteiger charge is 2.15. The van der Waals surface area contributed by atoms with Gasteiger partial charge >= 0.3 is 0 Å². The van der Waals surface area contributed by atoms with Gasteiger partial charge in [0.2, 0.25) is 0 Å². The third-order valence-electron chi connectivity index (χ3n) is 4.45. The molecule has 0 aliphatic heterocycles. The molecule has 0 N–H and O–H groups in total. The van der Waals surface area contributed by atoms with Gasteiger partial charge in [0.25, 0.3) is 5.69 Å². The average Bonchev–Trinajstić information content (AvgIpc) is 2.95. The van der Waals surface area contributed by atoms with Crippen LogP contribution in [-0.2, 0) is 0 Å². The molecular weight excluding hydrogens is 397 g/mol. The van der Waals surface area contributed by atoms with E-state index in [1.165, 1.54) is 12.1 Å². The van der Waals surface area contributed by atoms with Crippen molar-refractivity contribution in [3.8, 4) is 11.8 Å². The summed E-state index contributed by atoms with van der Waals surface area (Å²) in [5, 5.41) is 21.3. The van der Waals surface area contributed by atoms with Crippen LogP contribution in [0.2, 0.25) is 10.0 Å². The minimum absolute atomic E-state index is 0.0187. The summed E-state index contributed by atoms with van der Waals surface area (Å²) in [7, 11) is 0. The lowest BCUT2D eigenvalue weighted by atomic mass is 10.0. The Morgan fingerprint density at radius 2 is 1.86 bits per heavy atom. The van der Waals surface area contributed by atoms with Crippen LogP contribution in [0.4, 0.5) is 5.69 Å². The minimum atomic E-state index is -0.470. The van der Waals surface area contributed by atoms with Gasteiger partial charge in [-0.2, -0.15) is 5.26 Å². The van der Waals surface area contributed by atoms with Gasteiger partial charge in [0.15, 0.2) is 0 Å². The fourth-order valence-corrected chi connectivity index (χ4v) is 3.45. The van der Waals surface area contributed by atoms with E-state index in [1.807, 2.05) is 36.6 Å². The predicted octanol–water partition coefficient (Wildman–Crippen LogP) is 6.37. The van der Waals surface area contributed by atoms with E-state index in [4.69, 9.17) is 23.2 Å². The molecule has 0 radical (unpaired) electrons. The number of non-ortho nitro benzene ring substituents is 1. The maximum atomic E-state index is 10.8. The Morgan fingerprint density at radius 3 is 2.46 bits per heavy atom. The first-order chi connectivity index (χ1) is 13.3. The van der Waals surface area contributed by atoms with E-state index in [9.17, 15) is 15.4 Å². The molecule has 0 fully saturated rings. The summed E-state index contributed by atoms with van der Waals surface area (Å²) >= 11 is 12.5. The number of halogens is 2. The number of rotatable bonds is 4. The summed E-state index contributed by atoms with van der Waals surface area (Å²) < 4.78 is 1.98. The number of nitriles is 1. The van der Waals surface area contributed by atoms with Gasteiger partial charge in [0.1, 0.15) is 0 Å². The first kappa shape index (κ1) is 19.7. The number of hydrogen-bond acceptors (Lipinski definition) is 3. The molecule has 3 rings (SSSR count). The van der Waals surface area contributed by atoms with Gasteiger partial charge in [0.05, 0.1) is 32.3 Å². The molecule has 0 bridgehead atoms. The van der Waals surface area contributed by atoms with E-state index in [1.54, 1.807) is 24.3 Å². The van der Waals surface area contributed by atoms with E-state index in [2.05, 4.69) is 6.07 Å². The molecule has 0 amide bonds. The number of aryl methyl sites for hydroxylation is 1. The van der Waals surface area contributed by atoms with Crippen LogP contribution in [0, 0.1) is 35.3 Å². The Balaban J connectivity index is 2.08. The molecule has 1 aromatic heterocycles. The zero-order valence-electron chi connectivity index (χ0n) is 15.1. The molecule has 7 heteroatoms. The normalized spacial score (nSPS) is 11.3. The SMILES string of the molecule is Cc1cc(/C=C(/C#N)c2ccc([N+](=O)[O-])cc2)c(C)n1-c1cccc(Cl)c1Cl. The second-order valence-corrected chi connectivity index (χ2v) is 6.99. The molecule has 0 aliphatic rings. The summed E-state index contributed by atoms with van der Waals surface area (Å²) in [6.45, 7) is 3.88. The van der Waals surface area contributed by atoms with Gasteiger partial charge in [-0.1, -0.05) is 29.3 Å². The van der Waals surface area contributed by atoms with Crippen molar-refractivity contribution in [3.05, 3.63) is 91.2 Å². The number of nitro benzene ring substituents is 1.